The third-order valence-corrected chi connectivity index (χ3v) is 8.06. The molecule has 49 heavy (non-hydrogen) atoms. The first-order chi connectivity index (χ1) is 24.2. The average Bonchev–Trinajstić information content (AvgIpc) is 3.19. The molecule has 8 aromatic rings. The topological polar surface area (TPSA) is 77.3 Å². The van der Waals surface area contributed by atoms with Gasteiger partial charge in [0.2, 0.25) is 0 Å². The van der Waals surface area contributed by atoms with Gasteiger partial charge in [0.25, 0.3) is 0 Å². The summed E-state index contributed by atoms with van der Waals surface area (Å²) in [5, 5.41) is 0. The number of nitrogens with zero attached hydrogens (tertiary/aromatic N) is 6. The van der Waals surface area contributed by atoms with Crippen LogP contribution in [0, 0.1) is 5.82 Å². The number of hydrogen-bond donors (Lipinski definition) is 0. The Balaban J connectivity index is 1.28. The van der Waals surface area contributed by atoms with Gasteiger partial charge in [0.05, 0.1) is 5.56 Å². The van der Waals surface area contributed by atoms with E-state index in [1.54, 1.807) is 12.1 Å². The van der Waals surface area contributed by atoms with Crippen molar-refractivity contribution in [3.05, 3.63) is 170 Å². The molecule has 0 aliphatic rings. The maximum atomic E-state index is 15.8. The fraction of sp³-hybridized carbons (Fsp3) is 0. The van der Waals surface area contributed by atoms with Crippen molar-refractivity contribution in [1.29, 1.82) is 0 Å². The molecular formula is C42H27FN6. The number of benzene rings is 6. The van der Waals surface area contributed by atoms with Gasteiger partial charge in [0.1, 0.15) is 5.82 Å². The quantitative estimate of drug-likeness (QED) is 0.174. The van der Waals surface area contributed by atoms with Gasteiger partial charge in [0, 0.05) is 27.8 Å². The lowest BCUT2D eigenvalue weighted by Crippen LogP contribution is -2.03. The Labute approximate surface area is 282 Å². The molecule has 0 atom stereocenters. The van der Waals surface area contributed by atoms with Crippen molar-refractivity contribution in [3.63, 3.8) is 0 Å². The maximum Gasteiger partial charge on any atom is 0.167 e. The first-order valence-electron chi connectivity index (χ1n) is 15.8. The Kier molecular flexibility index (Phi) is 7.97. The SMILES string of the molecule is Fc1ccc(-c2nc(-c3ccccc3)nc(-c3cccc(-c4ccccc4)c3)n2)cc1-c1nc(-c2ccccc2)nc(-c2ccccc2)n1. The molecule has 0 saturated carbocycles. The van der Waals surface area contributed by atoms with E-state index in [-0.39, 0.29) is 11.4 Å². The van der Waals surface area contributed by atoms with Crippen LogP contribution >= 0.6 is 0 Å². The smallest absolute Gasteiger partial charge is 0.167 e. The van der Waals surface area contributed by atoms with Crippen LogP contribution in [0.2, 0.25) is 0 Å². The van der Waals surface area contributed by atoms with E-state index in [0.29, 0.717) is 34.7 Å². The van der Waals surface area contributed by atoms with Crippen molar-refractivity contribution in [1.82, 2.24) is 29.9 Å². The van der Waals surface area contributed by atoms with Crippen LogP contribution < -0.4 is 0 Å². The van der Waals surface area contributed by atoms with Crippen molar-refractivity contribution in [2.24, 2.45) is 0 Å². The maximum absolute atomic E-state index is 15.8. The minimum Gasteiger partial charge on any atom is -0.208 e. The van der Waals surface area contributed by atoms with E-state index < -0.39 is 5.82 Å². The molecule has 0 bridgehead atoms. The second-order valence-electron chi connectivity index (χ2n) is 11.4. The lowest BCUT2D eigenvalue weighted by molar-refractivity contribution is 0.630. The van der Waals surface area contributed by atoms with E-state index in [9.17, 15) is 0 Å². The summed E-state index contributed by atoms with van der Waals surface area (Å²) in [6.07, 6.45) is 0. The van der Waals surface area contributed by atoms with Gasteiger partial charge in [-0.3, -0.25) is 0 Å². The Morgan fingerprint density at radius 1 is 0.265 bits per heavy atom. The summed E-state index contributed by atoms with van der Waals surface area (Å²) in [6, 6.07) is 52.0. The van der Waals surface area contributed by atoms with Gasteiger partial charge in [0.15, 0.2) is 34.9 Å². The van der Waals surface area contributed by atoms with Crippen molar-refractivity contribution < 1.29 is 4.39 Å². The monoisotopic (exact) mass is 634 g/mol. The van der Waals surface area contributed by atoms with Crippen LogP contribution in [0.5, 0.6) is 0 Å². The van der Waals surface area contributed by atoms with E-state index in [1.165, 1.54) is 6.07 Å². The summed E-state index contributed by atoms with van der Waals surface area (Å²) < 4.78 is 15.8. The Hall–Kier alpha value is -6.73. The zero-order valence-corrected chi connectivity index (χ0v) is 26.1. The van der Waals surface area contributed by atoms with Crippen LogP contribution in [0.1, 0.15) is 0 Å². The number of rotatable bonds is 7. The average molecular weight is 635 g/mol. The largest absolute Gasteiger partial charge is 0.208 e. The van der Waals surface area contributed by atoms with Crippen molar-refractivity contribution in [3.8, 4) is 79.5 Å². The van der Waals surface area contributed by atoms with E-state index >= 15 is 4.39 Å². The lowest BCUT2D eigenvalue weighted by Gasteiger charge is -2.12. The minimum atomic E-state index is -0.471. The molecule has 2 heterocycles. The molecular weight excluding hydrogens is 608 g/mol. The number of halogens is 1. The summed E-state index contributed by atoms with van der Waals surface area (Å²) in [6.45, 7) is 0. The predicted octanol–water partition coefficient (Wildman–Crippen LogP) is 9.86. The first kappa shape index (κ1) is 29.7. The molecule has 8 rings (SSSR count). The highest BCUT2D eigenvalue weighted by Crippen LogP contribution is 2.32. The zero-order chi connectivity index (χ0) is 33.0. The van der Waals surface area contributed by atoms with Gasteiger partial charge in [-0.1, -0.05) is 140 Å². The highest BCUT2D eigenvalue weighted by Gasteiger charge is 2.18. The fourth-order valence-electron chi connectivity index (χ4n) is 5.58. The van der Waals surface area contributed by atoms with Gasteiger partial charge < -0.3 is 0 Å². The Morgan fingerprint density at radius 3 is 1.08 bits per heavy atom. The molecule has 6 aromatic carbocycles. The highest BCUT2D eigenvalue weighted by atomic mass is 19.1. The molecule has 0 N–H and O–H groups in total. The van der Waals surface area contributed by atoms with Crippen molar-refractivity contribution in [2.75, 3.05) is 0 Å². The van der Waals surface area contributed by atoms with Crippen LogP contribution in [0.4, 0.5) is 4.39 Å². The van der Waals surface area contributed by atoms with Gasteiger partial charge in [-0.05, 0) is 35.4 Å². The van der Waals surface area contributed by atoms with Crippen LogP contribution in [0.15, 0.2) is 164 Å². The third-order valence-electron chi connectivity index (χ3n) is 8.06. The lowest BCUT2D eigenvalue weighted by atomic mass is 10.0. The van der Waals surface area contributed by atoms with Crippen LogP contribution in [-0.4, -0.2) is 29.9 Å². The van der Waals surface area contributed by atoms with Crippen LogP contribution in [0.3, 0.4) is 0 Å². The van der Waals surface area contributed by atoms with Crippen LogP contribution in [0.25, 0.3) is 79.5 Å². The summed E-state index contributed by atoms with van der Waals surface area (Å²) >= 11 is 0. The van der Waals surface area contributed by atoms with E-state index in [2.05, 4.69) is 24.3 Å². The summed E-state index contributed by atoms with van der Waals surface area (Å²) in [5.74, 6) is 2.04. The zero-order valence-electron chi connectivity index (χ0n) is 26.1. The molecule has 0 unspecified atom stereocenters. The highest BCUT2D eigenvalue weighted by molar-refractivity contribution is 5.74. The van der Waals surface area contributed by atoms with E-state index in [1.807, 2.05) is 121 Å². The summed E-state index contributed by atoms with van der Waals surface area (Å²) in [5.41, 5.74) is 6.21. The predicted molar refractivity (Wildman–Crippen MR) is 191 cm³/mol. The van der Waals surface area contributed by atoms with Crippen molar-refractivity contribution in [2.45, 2.75) is 0 Å². The van der Waals surface area contributed by atoms with Crippen molar-refractivity contribution >= 4 is 0 Å². The summed E-state index contributed by atoms with van der Waals surface area (Å²) in [4.78, 5) is 28.9. The molecule has 0 aliphatic carbocycles. The fourth-order valence-corrected chi connectivity index (χ4v) is 5.58. The van der Waals surface area contributed by atoms with Crippen LogP contribution in [-0.2, 0) is 0 Å². The second kappa shape index (κ2) is 13.2. The first-order valence-corrected chi connectivity index (χ1v) is 15.8. The van der Waals surface area contributed by atoms with E-state index in [0.717, 1.165) is 33.4 Å². The molecule has 0 spiro atoms. The summed E-state index contributed by atoms with van der Waals surface area (Å²) in [7, 11) is 0. The Bertz CT molecular complexity index is 2330. The van der Waals surface area contributed by atoms with Gasteiger partial charge >= 0.3 is 0 Å². The molecule has 0 fully saturated rings. The van der Waals surface area contributed by atoms with Gasteiger partial charge in [-0.2, -0.15) is 0 Å². The molecule has 2 aromatic heterocycles. The second-order valence-corrected chi connectivity index (χ2v) is 11.4. The standard InChI is InChI=1S/C42H27FN6/c43-36-25-24-34(27-35(36)42-48-38(30-18-9-3-10-19-30)44-39(49-42)31-20-11-4-12-21-31)41-46-37(29-16-7-2-8-17-29)45-40(47-41)33-23-13-22-32(26-33)28-14-5-1-6-15-28/h1-27H. The molecule has 6 nitrogen and oxygen atoms in total. The van der Waals surface area contributed by atoms with Gasteiger partial charge in [-0.25, -0.2) is 34.3 Å². The molecule has 0 radical (unpaired) electrons. The Morgan fingerprint density at radius 2 is 0.612 bits per heavy atom. The number of aromatic nitrogens is 6. The molecule has 0 saturated heterocycles. The number of hydrogen-bond acceptors (Lipinski definition) is 6. The third kappa shape index (κ3) is 6.33. The van der Waals surface area contributed by atoms with E-state index in [4.69, 9.17) is 29.9 Å². The minimum absolute atomic E-state index is 0.209. The molecule has 0 amide bonds. The molecule has 232 valence electrons. The van der Waals surface area contributed by atoms with Gasteiger partial charge in [-0.15, -0.1) is 0 Å². The normalized spacial score (nSPS) is 11.0. The molecule has 0 aliphatic heterocycles. The molecule has 7 heteroatoms.